The first kappa shape index (κ1) is 11.1. The fourth-order valence-corrected chi connectivity index (χ4v) is 2.21. The molecule has 0 fully saturated rings. The van der Waals surface area contributed by atoms with E-state index in [1.54, 1.807) is 18.3 Å². The summed E-state index contributed by atoms with van der Waals surface area (Å²) in [4.78, 5) is 21.6. The zero-order valence-electron chi connectivity index (χ0n) is 8.31. The number of fused-ring (bicyclic) bond motifs is 1. The number of aromatic nitrogens is 1. The minimum Gasteiger partial charge on any atom is -0.287 e. The summed E-state index contributed by atoms with van der Waals surface area (Å²) in [5.74, 6) is -0.111. The quantitative estimate of drug-likeness (QED) is 0.459. The maximum absolute atomic E-state index is 11.3. The van der Waals surface area contributed by atoms with Gasteiger partial charge in [-0.2, -0.15) is 0 Å². The normalized spacial score (nSPS) is 10.6. The summed E-state index contributed by atoms with van der Waals surface area (Å²) in [7, 11) is 0. The molecule has 2 aromatic rings. The van der Waals surface area contributed by atoms with E-state index in [4.69, 9.17) is 0 Å². The van der Waals surface area contributed by atoms with Crippen molar-refractivity contribution >= 4 is 45.1 Å². The van der Waals surface area contributed by atoms with Gasteiger partial charge in [-0.1, -0.05) is 0 Å². The molecule has 0 bridgehead atoms. The van der Waals surface area contributed by atoms with E-state index in [0.717, 1.165) is 0 Å². The van der Waals surface area contributed by atoms with Crippen LogP contribution in [0.3, 0.4) is 0 Å². The van der Waals surface area contributed by atoms with Crippen LogP contribution in [0.15, 0.2) is 24.4 Å². The Kier molecular flexibility index (Phi) is 2.66. The van der Waals surface area contributed by atoms with Crippen LogP contribution in [0.1, 0.15) is 11.7 Å². The van der Waals surface area contributed by atoms with E-state index >= 15 is 0 Å². The van der Waals surface area contributed by atoms with Crippen LogP contribution in [0.5, 0.6) is 0 Å². The maximum Gasteiger partial charge on any atom is 0.283 e. The molecule has 5 nitrogen and oxygen atoms in total. The van der Waals surface area contributed by atoms with Gasteiger partial charge in [0.2, 0.25) is 5.91 Å². The molecule has 82 valence electrons. The number of hydrogen-bond donors (Lipinski definition) is 0. The van der Waals surface area contributed by atoms with Gasteiger partial charge in [-0.3, -0.25) is 19.5 Å². The third-order valence-corrected chi connectivity index (χ3v) is 3.16. The highest BCUT2D eigenvalue weighted by molar-refractivity contribution is 14.1. The monoisotopic (exact) mass is 330 g/mol. The van der Waals surface area contributed by atoms with Crippen molar-refractivity contribution < 1.29 is 9.72 Å². The van der Waals surface area contributed by atoms with E-state index < -0.39 is 4.92 Å². The first-order valence-corrected chi connectivity index (χ1v) is 5.54. The molecule has 0 atom stereocenters. The molecule has 0 unspecified atom stereocenters. The minimum atomic E-state index is -0.424. The fraction of sp³-hybridized carbons (Fsp3) is 0.100. The predicted molar refractivity (Wildman–Crippen MR) is 67.6 cm³/mol. The van der Waals surface area contributed by atoms with Crippen molar-refractivity contribution in [1.82, 2.24) is 4.57 Å². The van der Waals surface area contributed by atoms with E-state index in [1.165, 1.54) is 17.6 Å². The Bertz CT molecular complexity index is 603. The second kappa shape index (κ2) is 3.85. The third-order valence-electron chi connectivity index (χ3n) is 2.29. The lowest BCUT2D eigenvalue weighted by atomic mass is 10.2. The lowest BCUT2D eigenvalue weighted by Crippen LogP contribution is -2.03. The highest BCUT2D eigenvalue weighted by Crippen LogP contribution is 2.27. The van der Waals surface area contributed by atoms with Crippen LogP contribution in [0.2, 0.25) is 0 Å². The van der Waals surface area contributed by atoms with E-state index in [0.29, 0.717) is 14.5 Å². The van der Waals surface area contributed by atoms with Crippen molar-refractivity contribution in [3.63, 3.8) is 0 Å². The van der Waals surface area contributed by atoms with Crippen LogP contribution in [0, 0.1) is 13.7 Å². The molecule has 0 aliphatic carbocycles. The Morgan fingerprint density at radius 2 is 2.19 bits per heavy atom. The van der Waals surface area contributed by atoms with Gasteiger partial charge >= 0.3 is 0 Å². The second-order valence-electron chi connectivity index (χ2n) is 3.32. The maximum atomic E-state index is 11.3. The number of nitrogens with zero attached hydrogens (tertiary/aromatic N) is 2. The van der Waals surface area contributed by atoms with Crippen molar-refractivity contribution in [3.05, 3.63) is 38.1 Å². The van der Waals surface area contributed by atoms with E-state index in [1.807, 2.05) is 22.6 Å². The summed E-state index contributed by atoms with van der Waals surface area (Å²) in [6.07, 6.45) is 1.62. The van der Waals surface area contributed by atoms with Gasteiger partial charge < -0.3 is 0 Å². The van der Waals surface area contributed by atoms with Crippen LogP contribution >= 0.6 is 22.6 Å². The first-order chi connectivity index (χ1) is 7.50. The van der Waals surface area contributed by atoms with Crippen LogP contribution in [0.25, 0.3) is 10.9 Å². The number of halogens is 1. The molecule has 0 saturated heterocycles. The molecule has 0 saturated carbocycles. The number of nitro groups is 1. The van der Waals surface area contributed by atoms with E-state index in [2.05, 4.69) is 0 Å². The molecule has 0 N–H and O–H groups in total. The molecule has 1 aromatic heterocycles. The number of carbonyl (C=O) groups is 1. The zero-order valence-corrected chi connectivity index (χ0v) is 10.5. The van der Waals surface area contributed by atoms with Crippen LogP contribution < -0.4 is 0 Å². The van der Waals surface area contributed by atoms with Gasteiger partial charge in [-0.15, -0.1) is 0 Å². The minimum absolute atomic E-state index is 0.0643. The molecule has 1 heterocycles. The van der Waals surface area contributed by atoms with Crippen molar-refractivity contribution in [2.75, 3.05) is 0 Å². The molecule has 6 heteroatoms. The Morgan fingerprint density at radius 3 is 2.75 bits per heavy atom. The molecule has 0 spiro atoms. The van der Waals surface area contributed by atoms with Gasteiger partial charge in [-0.05, 0) is 34.7 Å². The number of benzene rings is 1. The number of carbonyl (C=O) groups excluding carboxylic acids is 1. The van der Waals surface area contributed by atoms with Crippen molar-refractivity contribution in [2.45, 2.75) is 6.92 Å². The molecule has 1 aromatic carbocycles. The number of hydrogen-bond acceptors (Lipinski definition) is 3. The molecule has 2 rings (SSSR count). The number of nitro benzene ring substituents is 1. The largest absolute Gasteiger partial charge is 0.287 e. The lowest BCUT2D eigenvalue weighted by Gasteiger charge is -2.00. The molecule has 0 aliphatic heterocycles. The van der Waals surface area contributed by atoms with E-state index in [9.17, 15) is 14.9 Å². The van der Waals surface area contributed by atoms with Gasteiger partial charge in [0.15, 0.2) is 0 Å². The standard InChI is InChI=1S/C10H7IN2O3/c1-6(14)12-3-2-7-4-10(13(15)16)8(11)5-9(7)12/h2-5H,1H3. The Hall–Kier alpha value is -1.44. The first-order valence-electron chi connectivity index (χ1n) is 4.46. The third kappa shape index (κ3) is 1.69. The second-order valence-corrected chi connectivity index (χ2v) is 4.49. The summed E-state index contributed by atoms with van der Waals surface area (Å²) in [6, 6.07) is 4.83. The SMILES string of the molecule is CC(=O)n1ccc2cc([N+](=O)[O-])c(I)cc21. The summed E-state index contributed by atoms with van der Waals surface area (Å²) < 4.78 is 2.00. The Balaban J connectivity index is 2.76. The van der Waals surface area contributed by atoms with Crippen molar-refractivity contribution in [2.24, 2.45) is 0 Å². The topological polar surface area (TPSA) is 65.1 Å². The lowest BCUT2D eigenvalue weighted by molar-refractivity contribution is -0.385. The predicted octanol–water partition coefficient (Wildman–Crippen LogP) is 2.81. The number of rotatable bonds is 1. The molecule has 0 aliphatic rings. The highest BCUT2D eigenvalue weighted by atomic mass is 127. The fourth-order valence-electron chi connectivity index (χ4n) is 1.56. The van der Waals surface area contributed by atoms with Gasteiger partial charge in [0.1, 0.15) is 0 Å². The highest BCUT2D eigenvalue weighted by Gasteiger charge is 2.15. The van der Waals surface area contributed by atoms with Crippen LogP contribution in [-0.2, 0) is 0 Å². The van der Waals surface area contributed by atoms with Crippen molar-refractivity contribution in [1.29, 1.82) is 0 Å². The van der Waals surface area contributed by atoms with Crippen LogP contribution in [0.4, 0.5) is 5.69 Å². The molecular formula is C10H7IN2O3. The van der Waals surface area contributed by atoms with E-state index in [-0.39, 0.29) is 11.6 Å². The summed E-state index contributed by atoms with van der Waals surface area (Å²) in [6.45, 7) is 1.45. The Morgan fingerprint density at radius 1 is 1.50 bits per heavy atom. The van der Waals surface area contributed by atoms with Crippen molar-refractivity contribution in [3.8, 4) is 0 Å². The van der Waals surface area contributed by atoms with Gasteiger partial charge in [0, 0.05) is 24.6 Å². The molecule has 0 radical (unpaired) electrons. The summed E-state index contributed by atoms with van der Waals surface area (Å²) >= 11 is 1.90. The van der Waals surface area contributed by atoms with Crippen LogP contribution in [-0.4, -0.2) is 15.4 Å². The Labute approximate surface area is 104 Å². The summed E-state index contributed by atoms with van der Waals surface area (Å²) in [5.41, 5.74) is 0.761. The average molecular weight is 330 g/mol. The molecule has 16 heavy (non-hydrogen) atoms. The average Bonchev–Trinajstić information content (AvgIpc) is 2.58. The van der Waals surface area contributed by atoms with Gasteiger partial charge in [0.05, 0.1) is 14.0 Å². The zero-order chi connectivity index (χ0) is 11.9. The summed E-state index contributed by atoms with van der Waals surface area (Å²) in [5, 5.41) is 11.4. The van der Waals surface area contributed by atoms with Gasteiger partial charge in [-0.25, -0.2) is 0 Å². The molecule has 0 amide bonds. The molecular weight excluding hydrogens is 323 g/mol. The smallest absolute Gasteiger partial charge is 0.283 e. The van der Waals surface area contributed by atoms with Gasteiger partial charge in [0.25, 0.3) is 5.69 Å².